The molecule has 0 bridgehead atoms. The molecule has 6 nitrogen and oxygen atoms in total. The number of halogens is 1. The van der Waals surface area contributed by atoms with E-state index >= 15 is 0 Å². The molecule has 1 atom stereocenters. The Balaban J connectivity index is 1.32. The van der Waals surface area contributed by atoms with Gasteiger partial charge in [0.15, 0.2) is 4.80 Å². The van der Waals surface area contributed by atoms with E-state index < -0.39 is 11.9 Å². The Bertz CT molecular complexity index is 2120. The summed E-state index contributed by atoms with van der Waals surface area (Å²) in [4.78, 5) is 37.4. The minimum atomic E-state index is -0.771. The monoisotopic (exact) mass is 604 g/mol. The summed E-state index contributed by atoms with van der Waals surface area (Å²) in [5.74, 6) is -0.766. The van der Waals surface area contributed by atoms with Gasteiger partial charge in [0.1, 0.15) is 5.82 Å². The Labute approximate surface area is 255 Å². The van der Waals surface area contributed by atoms with Gasteiger partial charge in [-0.05, 0) is 72.7 Å². The molecule has 5 aromatic rings. The van der Waals surface area contributed by atoms with Crippen molar-refractivity contribution < 1.29 is 9.18 Å². The first-order valence-corrected chi connectivity index (χ1v) is 15.3. The molecule has 9 heteroatoms. The first-order valence-electron chi connectivity index (χ1n) is 13.7. The van der Waals surface area contributed by atoms with E-state index in [0.29, 0.717) is 31.9 Å². The lowest BCUT2D eigenvalue weighted by molar-refractivity contribution is -0.113. The molecular weight excluding hydrogens is 580 g/mol. The van der Waals surface area contributed by atoms with E-state index in [1.807, 2.05) is 42.5 Å². The number of amides is 1. The average molecular weight is 605 g/mol. The maximum Gasteiger partial charge on any atom is 0.271 e. The van der Waals surface area contributed by atoms with Crippen molar-refractivity contribution in [2.24, 2.45) is 4.99 Å². The first kappa shape index (κ1) is 27.1. The summed E-state index contributed by atoms with van der Waals surface area (Å²) >= 11 is 2.98. The zero-order valence-electron chi connectivity index (χ0n) is 23.2. The van der Waals surface area contributed by atoms with E-state index in [1.54, 1.807) is 47.5 Å². The van der Waals surface area contributed by atoms with Crippen LogP contribution in [0.15, 0.2) is 128 Å². The van der Waals surface area contributed by atoms with Gasteiger partial charge in [0.25, 0.3) is 11.5 Å². The number of rotatable bonds is 4. The number of nitrogens with one attached hydrogen (secondary N) is 1. The van der Waals surface area contributed by atoms with Crippen molar-refractivity contribution in [2.75, 3.05) is 17.3 Å². The number of hydrogen-bond donors (Lipinski definition) is 1. The van der Waals surface area contributed by atoms with Crippen LogP contribution in [0.3, 0.4) is 0 Å². The molecule has 3 heterocycles. The fourth-order valence-electron chi connectivity index (χ4n) is 5.49. The fraction of sp³-hybridized carbons (Fsp3) is 0.0882. The quantitative estimate of drug-likeness (QED) is 0.264. The molecule has 0 spiro atoms. The molecule has 2 aliphatic heterocycles. The van der Waals surface area contributed by atoms with Gasteiger partial charge in [-0.1, -0.05) is 71.6 Å². The topological polar surface area (TPSA) is 66.7 Å². The van der Waals surface area contributed by atoms with Crippen molar-refractivity contribution in [1.82, 2.24) is 4.57 Å². The number of fused-ring (bicyclic) bond motifs is 3. The maximum absolute atomic E-state index is 14.0. The van der Waals surface area contributed by atoms with Crippen LogP contribution in [-0.4, -0.2) is 17.5 Å². The van der Waals surface area contributed by atoms with Crippen LogP contribution in [0, 0.1) is 5.82 Å². The zero-order valence-corrected chi connectivity index (χ0v) is 24.9. The number of carbonyl (C=O) groups is 1. The Hall–Kier alpha value is -4.73. The van der Waals surface area contributed by atoms with Crippen molar-refractivity contribution >= 4 is 52.1 Å². The van der Waals surface area contributed by atoms with E-state index in [1.165, 1.54) is 28.4 Å². The number of thiazole rings is 1. The normalized spacial score (nSPS) is 15.8. The van der Waals surface area contributed by atoms with Crippen molar-refractivity contribution in [1.29, 1.82) is 0 Å². The fourth-order valence-corrected chi connectivity index (χ4v) is 7.74. The average Bonchev–Trinajstić information content (AvgIpc) is 3.31. The number of aromatic nitrogens is 1. The molecule has 1 amide bonds. The van der Waals surface area contributed by atoms with Gasteiger partial charge in [-0.2, -0.15) is 0 Å². The third-order valence-electron chi connectivity index (χ3n) is 7.57. The van der Waals surface area contributed by atoms with Gasteiger partial charge >= 0.3 is 0 Å². The molecule has 212 valence electrons. The number of anilines is 3. The van der Waals surface area contributed by atoms with Crippen LogP contribution in [-0.2, 0) is 4.79 Å². The van der Waals surface area contributed by atoms with Gasteiger partial charge in [0, 0.05) is 22.5 Å². The third-order valence-corrected chi connectivity index (χ3v) is 9.67. The molecule has 0 aliphatic carbocycles. The molecular formula is C34H25FN4O2S2. The Morgan fingerprint density at radius 2 is 1.65 bits per heavy atom. The van der Waals surface area contributed by atoms with Gasteiger partial charge in [0.2, 0.25) is 0 Å². The third kappa shape index (κ3) is 4.90. The molecule has 1 aromatic heterocycles. The Kier molecular flexibility index (Phi) is 6.83. The van der Waals surface area contributed by atoms with Crippen LogP contribution in [0.5, 0.6) is 0 Å². The Morgan fingerprint density at radius 1 is 0.930 bits per heavy atom. The summed E-state index contributed by atoms with van der Waals surface area (Å²) in [6, 6.07) is 28.7. The van der Waals surface area contributed by atoms with Gasteiger partial charge in [-0.15, -0.1) is 0 Å². The smallest absolute Gasteiger partial charge is 0.271 e. The minimum Gasteiger partial charge on any atom is -0.343 e. The highest BCUT2D eigenvalue weighted by Gasteiger charge is 2.32. The van der Waals surface area contributed by atoms with Crippen LogP contribution < -0.4 is 25.1 Å². The molecule has 1 N–H and O–H groups in total. The number of hydrogen-bond acceptors (Lipinski definition) is 6. The lowest BCUT2D eigenvalue weighted by Crippen LogP contribution is -2.40. The molecule has 0 saturated carbocycles. The van der Waals surface area contributed by atoms with Gasteiger partial charge in [-0.25, -0.2) is 9.38 Å². The predicted molar refractivity (Wildman–Crippen MR) is 170 cm³/mol. The summed E-state index contributed by atoms with van der Waals surface area (Å²) in [7, 11) is 2.05. The summed E-state index contributed by atoms with van der Waals surface area (Å²) < 4.78 is 16.0. The molecule has 0 radical (unpaired) electrons. The second kappa shape index (κ2) is 10.8. The van der Waals surface area contributed by atoms with E-state index in [9.17, 15) is 14.0 Å². The lowest BCUT2D eigenvalue weighted by Gasteiger charge is -2.29. The summed E-state index contributed by atoms with van der Waals surface area (Å²) in [6.07, 6.45) is 1.87. The minimum absolute atomic E-state index is 0.261. The number of para-hydroxylation sites is 2. The standard InChI is InChI=1S/C34H25FN4O2S2/c1-20-30(32(40)37-24-8-4-3-5-9-24)31(22-13-15-23(35)16-14-22)39-33(41)29(43-34(39)36-20)19-21-12-17-26-28(18-21)42-27-11-7-6-10-25(27)38(26)2/h3-19,31H,1-2H3,(H,37,40)/b29-19+/t31-/m0/s1. The second-order valence-electron chi connectivity index (χ2n) is 10.3. The van der Waals surface area contributed by atoms with E-state index in [2.05, 4.69) is 41.5 Å². The highest BCUT2D eigenvalue weighted by Crippen LogP contribution is 2.47. The number of allylic oxidation sites excluding steroid dienone is 1. The van der Waals surface area contributed by atoms with Gasteiger partial charge in [-0.3, -0.25) is 14.2 Å². The molecule has 0 unspecified atom stereocenters. The number of benzene rings is 4. The van der Waals surface area contributed by atoms with Gasteiger partial charge in [0.05, 0.1) is 33.2 Å². The summed E-state index contributed by atoms with van der Waals surface area (Å²) in [5.41, 5.74) is 4.97. The highest BCUT2D eigenvalue weighted by molar-refractivity contribution is 7.99. The van der Waals surface area contributed by atoms with Crippen LogP contribution in [0.1, 0.15) is 24.1 Å². The zero-order chi connectivity index (χ0) is 29.7. The predicted octanol–water partition coefficient (Wildman–Crippen LogP) is 6.25. The molecule has 4 aromatic carbocycles. The first-order chi connectivity index (χ1) is 20.9. The maximum atomic E-state index is 14.0. The second-order valence-corrected chi connectivity index (χ2v) is 12.4. The largest absolute Gasteiger partial charge is 0.343 e. The highest BCUT2D eigenvalue weighted by atomic mass is 32.2. The van der Waals surface area contributed by atoms with Gasteiger partial charge < -0.3 is 10.2 Å². The number of nitrogens with zero attached hydrogens (tertiary/aromatic N) is 3. The van der Waals surface area contributed by atoms with Crippen LogP contribution in [0.25, 0.3) is 6.08 Å². The molecule has 7 rings (SSSR count). The van der Waals surface area contributed by atoms with Crippen molar-refractivity contribution in [3.8, 4) is 0 Å². The van der Waals surface area contributed by atoms with Crippen LogP contribution >= 0.6 is 23.1 Å². The van der Waals surface area contributed by atoms with Crippen molar-refractivity contribution in [3.63, 3.8) is 0 Å². The molecule has 43 heavy (non-hydrogen) atoms. The summed E-state index contributed by atoms with van der Waals surface area (Å²) in [5, 5.41) is 2.93. The number of carbonyl (C=O) groups excluding carboxylic acids is 1. The van der Waals surface area contributed by atoms with Crippen LogP contribution in [0.4, 0.5) is 21.5 Å². The van der Waals surface area contributed by atoms with E-state index in [-0.39, 0.29) is 11.5 Å². The SMILES string of the molecule is CC1=C(C(=O)Nc2ccccc2)[C@H](c2ccc(F)cc2)n2c(s/c(=C/c3ccc4c(c3)Sc3ccccc3N4C)c2=O)=N1. The van der Waals surface area contributed by atoms with Crippen molar-refractivity contribution in [3.05, 3.63) is 145 Å². The Morgan fingerprint density at radius 3 is 2.44 bits per heavy atom. The van der Waals surface area contributed by atoms with Crippen molar-refractivity contribution in [2.45, 2.75) is 22.8 Å². The van der Waals surface area contributed by atoms with E-state index in [0.717, 1.165) is 21.8 Å². The molecule has 2 aliphatic rings. The molecule has 0 fully saturated rings. The molecule has 0 saturated heterocycles. The van der Waals surface area contributed by atoms with Crippen LogP contribution in [0.2, 0.25) is 0 Å². The lowest BCUT2D eigenvalue weighted by atomic mass is 9.95. The van der Waals surface area contributed by atoms with E-state index in [4.69, 9.17) is 4.99 Å². The summed E-state index contributed by atoms with van der Waals surface area (Å²) in [6.45, 7) is 1.77.